The van der Waals surface area contributed by atoms with E-state index in [0.717, 1.165) is 5.57 Å². The molecule has 0 bridgehead atoms. The molecule has 12 heteroatoms. The topological polar surface area (TPSA) is 132 Å². The molecule has 36 heavy (non-hydrogen) atoms. The van der Waals surface area contributed by atoms with Crippen LogP contribution in [0.3, 0.4) is 0 Å². The van der Waals surface area contributed by atoms with E-state index in [1.807, 2.05) is 38.7 Å². The molecule has 3 aliphatic rings. The average Bonchev–Trinajstić information content (AvgIpc) is 3.42. The first-order valence-corrected chi connectivity index (χ1v) is 12.3. The third kappa shape index (κ3) is 4.23. The Balaban J connectivity index is 1.56. The molecule has 2 aromatic heterocycles. The van der Waals surface area contributed by atoms with Gasteiger partial charge in [-0.15, -0.1) is 5.10 Å². The summed E-state index contributed by atoms with van der Waals surface area (Å²) in [5.41, 5.74) is 1.05. The highest BCUT2D eigenvalue weighted by atomic mass is 16.6. The Labute approximate surface area is 208 Å². The Morgan fingerprint density at radius 2 is 1.92 bits per heavy atom. The average molecular weight is 501 g/mol. The number of aliphatic carboxylic acids is 1. The molecule has 12 nitrogen and oxygen atoms in total. The molecule has 0 aromatic carbocycles. The number of aromatic nitrogens is 4. The fraction of sp³-hybridized carbons (Fsp3) is 0.625. The van der Waals surface area contributed by atoms with Crippen molar-refractivity contribution in [3.05, 3.63) is 27.9 Å². The van der Waals surface area contributed by atoms with Crippen LogP contribution in [0.1, 0.15) is 64.0 Å². The molecule has 0 aliphatic carbocycles. The zero-order chi connectivity index (χ0) is 25.8. The van der Waals surface area contributed by atoms with Crippen LogP contribution in [-0.4, -0.2) is 86.2 Å². The number of carboxylic acids is 1. The number of carboxylic acid groups (broad SMARTS) is 1. The zero-order valence-corrected chi connectivity index (χ0v) is 21.1. The summed E-state index contributed by atoms with van der Waals surface area (Å²) in [7, 11) is 0. The summed E-state index contributed by atoms with van der Waals surface area (Å²) in [6.45, 7) is 10.0. The number of ether oxygens (including phenoxy) is 2. The van der Waals surface area contributed by atoms with Crippen LogP contribution in [-0.2, 0) is 14.3 Å². The lowest BCUT2D eigenvalue weighted by Gasteiger charge is -2.37. The maximum atomic E-state index is 13.8. The molecule has 2 unspecified atom stereocenters. The molecule has 0 spiro atoms. The number of carbonyl (C=O) groups is 2. The summed E-state index contributed by atoms with van der Waals surface area (Å²) in [6.07, 6.45) is 2.49. The van der Waals surface area contributed by atoms with Crippen molar-refractivity contribution in [2.75, 3.05) is 44.3 Å². The lowest BCUT2D eigenvalue weighted by molar-refractivity contribution is -0.140. The molecule has 1 amide bonds. The van der Waals surface area contributed by atoms with Gasteiger partial charge in [0.2, 0.25) is 5.78 Å². The van der Waals surface area contributed by atoms with Crippen LogP contribution in [0.5, 0.6) is 0 Å². The molecule has 2 aromatic rings. The lowest BCUT2D eigenvalue weighted by Crippen LogP contribution is -2.51. The molecule has 0 radical (unpaired) electrons. The van der Waals surface area contributed by atoms with E-state index in [0.29, 0.717) is 69.4 Å². The van der Waals surface area contributed by atoms with Crippen LogP contribution in [0.25, 0.3) is 11.4 Å². The molecule has 3 aliphatic heterocycles. The number of hydrogen-bond acceptors (Lipinski definition) is 8. The number of piperazine rings is 1. The van der Waals surface area contributed by atoms with E-state index in [4.69, 9.17) is 9.47 Å². The van der Waals surface area contributed by atoms with E-state index in [9.17, 15) is 19.5 Å². The van der Waals surface area contributed by atoms with Crippen LogP contribution in [0.4, 0.5) is 10.5 Å². The quantitative estimate of drug-likeness (QED) is 0.671. The zero-order valence-electron chi connectivity index (χ0n) is 21.1. The summed E-state index contributed by atoms with van der Waals surface area (Å²) in [6, 6.07) is -0.847. The molecule has 194 valence electrons. The van der Waals surface area contributed by atoms with Crippen molar-refractivity contribution >= 4 is 29.1 Å². The van der Waals surface area contributed by atoms with E-state index in [-0.39, 0.29) is 23.3 Å². The number of nitrogens with zero attached hydrogens (tertiary/aromatic N) is 6. The lowest BCUT2D eigenvalue weighted by atomic mass is 10.0. The van der Waals surface area contributed by atoms with Crippen molar-refractivity contribution in [2.24, 2.45) is 0 Å². The maximum absolute atomic E-state index is 13.8. The minimum absolute atomic E-state index is 0.162. The summed E-state index contributed by atoms with van der Waals surface area (Å²) in [5, 5.41) is 14.5. The molecule has 5 rings (SSSR count). The van der Waals surface area contributed by atoms with Crippen molar-refractivity contribution < 1.29 is 24.2 Å². The van der Waals surface area contributed by atoms with Crippen LogP contribution < -0.4 is 10.5 Å². The molecule has 1 fully saturated rings. The Kier molecular flexibility index (Phi) is 6.01. The molecule has 2 atom stereocenters. The van der Waals surface area contributed by atoms with Gasteiger partial charge < -0.3 is 24.4 Å². The molecule has 5 heterocycles. The number of amides is 1. The summed E-state index contributed by atoms with van der Waals surface area (Å²) < 4.78 is 13.8. The predicted molar refractivity (Wildman–Crippen MR) is 130 cm³/mol. The number of carbonyl (C=O) groups excluding carboxylic acids is 1. The first kappa shape index (κ1) is 24.3. The highest BCUT2D eigenvalue weighted by Gasteiger charge is 2.40. The Bertz CT molecular complexity index is 1300. The van der Waals surface area contributed by atoms with Gasteiger partial charge in [-0.3, -0.25) is 9.36 Å². The Morgan fingerprint density at radius 3 is 2.53 bits per heavy atom. The molecule has 1 N–H and O–H groups in total. The van der Waals surface area contributed by atoms with E-state index < -0.39 is 17.6 Å². The van der Waals surface area contributed by atoms with Crippen LogP contribution in [0.2, 0.25) is 0 Å². The highest BCUT2D eigenvalue weighted by molar-refractivity contribution is 5.76. The van der Waals surface area contributed by atoms with Crippen molar-refractivity contribution in [1.29, 1.82) is 0 Å². The maximum Gasteiger partial charge on any atom is 0.410 e. The molecular weight excluding hydrogens is 468 g/mol. The third-order valence-electron chi connectivity index (χ3n) is 6.84. The van der Waals surface area contributed by atoms with Crippen molar-refractivity contribution in [1.82, 2.24) is 24.1 Å². The van der Waals surface area contributed by atoms with Crippen LogP contribution in [0, 0.1) is 0 Å². The minimum Gasteiger partial charge on any atom is -0.480 e. The van der Waals surface area contributed by atoms with Crippen LogP contribution >= 0.6 is 0 Å². The van der Waals surface area contributed by atoms with Crippen LogP contribution in [0.15, 0.2) is 10.9 Å². The van der Waals surface area contributed by atoms with E-state index in [1.54, 1.807) is 9.47 Å². The van der Waals surface area contributed by atoms with Crippen molar-refractivity contribution in [2.45, 2.75) is 58.1 Å². The Morgan fingerprint density at radius 1 is 1.19 bits per heavy atom. The summed E-state index contributed by atoms with van der Waals surface area (Å²) in [4.78, 5) is 46.8. The van der Waals surface area contributed by atoms with Gasteiger partial charge in [0.15, 0.2) is 5.82 Å². The highest BCUT2D eigenvalue weighted by Crippen LogP contribution is 2.41. The predicted octanol–water partition coefficient (Wildman–Crippen LogP) is 1.88. The smallest absolute Gasteiger partial charge is 0.410 e. The standard InChI is InChI=1S/C24H32N6O6/c1-14-13-16(21(32)33)29-17(14)18(27-7-9-28(10-8-27)23(34)36-24(2,3)4)20(31)30-22(29)25-19(26-30)15-5-11-35-12-6-15/h5,14,16H,6-13H2,1-4H3,(H,32,33). The van der Waals surface area contributed by atoms with E-state index in [2.05, 4.69) is 10.1 Å². The second kappa shape index (κ2) is 8.91. The molecule has 1 saturated heterocycles. The fourth-order valence-corrected chi connectivity index (χ4v) is 5.17. The second-order valence-corrected chi connectivity index (χ2v) is 10.6. The van der Waals surface area contributed by atoms with Gasteiger partial charge in [-0.25, -0.2) is 9.59 Å². The molecule has 0 saturated carbocycles. The van der Waals surface area contributed by atoms with Crippen molar-refractivity contribution in [3.8, 4) is 0 Å². The van der Waals surface area contributed by atoms with Gasteiger partial charge in [0.05, 0.1) is 18.9 Å². The summed E-state index contributed by atoms with van der Waals surface area (Å²) >= 11 is 0. The second-order valence-electron chi connectivity index (χ2n) is 10.6. The van der Waals surface area contributed by atoms with Gasteiger partial charge in [-0.05, 0) is 39.2 Å². The van der Waals surface area contributed by atoms with Gasteiger partial charge in [0.1, 0.15) is 17.3 Å². The first-order valence-electron chi connectivity index (χ1n) is 12.3. The first-order chi connectivity index (χ1) is 17.0. The summed E-state index contributed by atoms with van der Waals surface area (Å²) in [5.74, 6) is -0.474. The number of rotatable bonds is 3. The van der Waals surface area contributed by atoms with Gasteiger partial charge >= 0.3 is 12.1 Å². The van der Waals surface area contributed by atoms with Crippen molar-refractivity contribution in [3.63, 3.8) is 0 Å². The van der Waals surface area contributed by atoms with Gasteiger partial charge in [-0.2, -0.15) is 9.50 Å². The minimum atomic E-state index is -0.971. The van der Waals surface area contributed by atoms with Gasteiger partial charge in [0, 0.05) is 32.1 Å². The monoisotopic (exact) mass is 500 g/mol. The number of hydrogen-bond donors (Lipinski definition) is 1. The van der Waals surface area contributed by atoms with Gasteiger partial charge in [0.25, 0.3) is 5.56 Å². The van der Waals surface area contributed by atoms with E-state index in [1.165, 1.54) is 4.52 Å². The molecular formula is C24H32N6O6. The largest absolute Gasteiger partial charge is 0.480 e. The van der Waals surface area contributed by atoms with Gasteiger partial charge in [-0.1, -0.05) is 13.0 Å². The third-order valence-corrected chi connectivity index (χ3v) is 6.84. The Hall–Kier alpha value is -3.41. The number of fused-ring (bicyclic) bond motifs is 3. The number of anilines is 1. The fourth-order valence-electron chi connectivity index (χ4n) is 5.17. The van der Waals surface area contributed by atoms with E-state index >= 15 is 0 Å². The normalized spacial score (nSPS) is 22.5. The SMILES string of the molecule is CC1CC(C(=O)O)n2c1c(N1CCN(C(=O)OC(C)(C)C)CC1)c(=O)n1nc(C3=CCOCC3)nc21.